The highest BCUT2D eigenvalue weighted by Gasteiger charge is 2.08. The van der Waals surface area contributed by atoms with Gasteiger partial charge in [0.2, 0.25) is 0 Å². The van der Waals surface area contributed by atoms with Gasteiger partial charge in [-0.05, 0) is 22.0 Å². The summed E-state index contributed by atoms with van der Waals surface area (Å²) in [6.45, 7) is 0. The van der Waals surface area contributed by atoms with Crippen LogP contribution in [0, 0.1) is 11.6 Å². The lowest BCUT2D eigenvalue weighted by atomic mass is 10.3. The Morgan fingerprint density at radius 2 is 2.00 bits per heavy atom. The first-order chi connectivity index (χ1) is 5.15. The van der Waals surface area contributed by atoms with Gasteiger partial charge in [-0.1, -0.05) is 0 Å². The van der Waals surface area contributed by atoms with Gasteiger partial charge in [0, 0.05) is 6.07 Å². The van der Waals surface area contributed by atoms with Crippen LogP contribution in [0.5, 0.6) is 5.75 Å². The van der Waals surface area contributed by atoms with E-state index in [1.54, 1.807) is 0 Å². The van der Waals surface area contributed by atoms with Crippen LogP contribution in [0.2, 0.25) is 0 Å². The first-order valence-corrected chi connectivity index (χ1v) is 3.63. The maximum Gasteiger partial charge on any atom is 0.169 e. The Balaban J connectivity index is 3.25. The van der Waals surface area contributed by atoms with Crippen molar-refractivity contribution in [3.05, 3.63) is 28.2 Å². The molecule has 0 spiro atoms. The Morgan fingerprint density at radius 1 is 1.36 bits per heavy atom. The fourth-order valence-corrected chi connectivity index (χ4v) is 1.29. The maximum absolute atomic E-state index is 12.7. The molecule has 0 aliphatic heterocycles. The molecule has 0 radical (unpaired) electrons. The van der Waals surface area contributed by atoms with E-state index < -0.39 is 11.6 Å². The summed E-state index contributed by atoms with van der Waals surface area (Å²) in [6.07, 6.45) is 0. The molecule has 0 saturated heterocycles. The zero-order valence-electron chi connectivity index (χ0n) is 5.70. The van der Waals surface area contributed by atoms with Gasteiger partial charge in [-0.25, -0.2) is 8.78 Å². The van der Waals surface area contributed by atoms with Crippen molar-refractivity contribution in [3.8, 4) is 5.75 Å². The summed E-state index contributed by atoms with van der Waals surface area (Å²) in [5.41, 5.74) is 0. The minimum Gasteiger partial charge on any atom is -0.492 e. The topological polar surface area (TPSA) is 9.23 Å². The van der Waals surface area contributed by atoms with Crippen LogP contribution in [-0.2, 0) is 0 Å². The van der Waals surface area contributed by atoms with Crippen LogP contribution < -0.4 is 4.74 Å². The lowest BCUT2D eigenvalue weighted by Gasteiger charge is -2.03. The molecule has 0 unspecified atom stereocenters. The maximum atomic E-state index is 12.7. The molecule has 0 N–H and O–H groups in total. The second-order valence-electron chi connectivity index (χ2n) is 1.90. The molecule has 0 aliphatic rings. The number of hydrogen-bond acceptors (Lipinski definition) is 1. The van der Waals surface area contributed by atoms with Crippen molar-refractivity contribution in [2.75, 3.05) is 7.11 Å². The Bertz CT molecular complexity index is 252. The molecule has 0 aromatic heterocycles. The summed E-state index contributed by atoms with van der Waals surface area (Å²) < 4.78 is 30.1. The van der Waals surface area contributed by atoms with Gasteiger partial charge in [0.25, 0.3) is 0 Å². The van der Waals surface area contributed by atoms with Crippen molar-refractivity contribution >= 4 is 15.9 Å². The molecule has 4 heteroatoms. The molecule has 0 heterocycles. The zero-order chi connectivity index (χ0) is 8.43. The van der Waals surface area contributed by atoms with Crippen molar-refractivity contribution in [2.24, 2.45) is 0 Å². The summed E-state index contributed by atoms with van der Waals surface area (Å²) in [6, 6.07) is 1.91. The highest BCUT2D eigenvalue weighted by atomic mass is 79.9. The third-order valence-electron chi connectivity index (χ3n) is 1.17. The number of rotatable bonds is 1. The molecular formula is C7H5BrF2O. The van der Waals surface area contributed by atoms with Crippen LogP contribution >= 0.6 is 15.9 Å². The first kappa shape index (κ1) is 8.46. The van der Waals surface area contributed by atoms with Gasteiger partial charge >= 0.3 is 0 Å². The van der Waals surface area contributed by atoms with Crippen LogP contribution in [0.15, 0.2) is 16.6 Å². The zero-order valence-corrected chi connectivity index (χ0v) is 7.28. The Labute approximate surface area is 71.1 Å². The predicted molar refractivity (Wildman–Crippen MR) is 40.6 cm³/mol. The van der Waals surface area contributed by atoms with Crippen LogP contribution in [0.4, 0.5) is 8.78 Å². The number of methoxy groups -OCH3 is 1. The minimum absolute atomic E-state index is 0.0198. The molecule has 0 saturated carbocycles. The summed E-state index contributed by atoms with van der Waals surface area (Å²) in [5, 5.41) is 0. The van der Waals surface area contributed by atoms with E-state index >= 15 is 0 Å². The fourth-order valence-electron chi connectivity index (χ4n) is 0.724. The highest BCUT2D eigenvalue weighted by Crippen LogP contribution is 2.28. The highest BCUT2D eigenvalue weighted by molar-refractivity contribution is 9.10. The third kappa shape index (κ3) is 1.68. The van der Waals surface area contributed by atoms with Crippen LogP contribution in [0.3, 0.4) is 0 Å². The molecule has 0 aliphatic carbocycles. The van der Waals surface area contributed by atoms with E-state index in [1.807, 2.05) is 0 Å². The monoisotopic (exact) mass is 222 g/mol. The molecule has 11 heavy (non-hydrogen) atoms. The number of ether oxygens (including phenoxy) is 1. The van der Waals surface area contributed by atoms with Crippen LogP contribution in [0.25, 0.3) is 0 Å². The quantitative estimate of drug-likeness (QED) is 0.711. The fraction of sp³-hybridized carbons (Fsp3) is 0.143. The molecule has 0 atom stereocenters. The second kappa shape index (κ2) is 3.17. The summed E-state index contributed by atoms with van der Waals surface area (Å²) >= 11 is 2.95. The van der Waals surface area contributed by atoms with Crippen molar-refractivity contribution in [3.63, 3.8) is 0 Å². The third-order valence-corrected chi connectivity index (χ3v) is 1.76. The molecule has 1 rings (SSSR count). The van der Waals surface area contributed by atoms with Gasteiger partial charge in [0.1, 0.15) is 5.82 Å². The average molecular weight is 223 g/mol. The van der Waals surface area contributed by atoms with Crippen LogP contribution in [0.1, 0.15) is 0 Å². The van der Waals surface area contributed by atoms with Gasteiger partial charge in [0.05, 0.1) is 11.6 Å². The lowest BCUT2D eigenvalue weighted by Crippen LogP contribution is -1.90. The van der Waals surface area contributed by atoms with Gasteiger partial charge in [0.15, 0.2) is 11.6 Å². The van der Waals surface area contributed by atoms with E-state index in [4.69, 9.17) is 0 Å². The van der Waals surface area contributed by atoms with E-state index in [1.165, 1.54) is 7.11 Å². The van der Waals surface area contributed by atoms with Gasteiger partial charge in [-0.2, -0.15) is 0 Å². The average Bonchev–Trinajstić information content (AvgIpc) is 1.85. The van der Waals surface area contributed by atoms with Crippen molar-refractivity contribution in [2.45, 2.75) is 0 Å². The smallest absolute Gasteiger partial charge is 0.169 e. The van der Waals surface area contributed by atoms with E-state index in [9.17, 15) is 8.78 Å². The normalized spacial score (nSPS) is 9.82. The Kier molecular flexibility index (Phi) is 2.44. The number of halogens is 3. The summed E-state index contributed by atoms with van der Waals surface area (Å²) in [4.78, 5) is 0. The minimum atomic E-state index is -0.709. The molecule has 0 amide bonds. The van der Waals surface area contributed by atoms with E-state index in [2.05, 4.69) is 20.7 Å². The van der Waals surface area contributed by atoms with Crippen molar-refractivity contribution in [1.29, 1.82) is 0 Å². The standard InChI is InChI=1S/C7H5BrF2O/c1-11-7-5(8)2-4(9)3-6(7)10/h2-3H,1H3. The van der Waals surface area contributed by atoms with Crippen LogP contribution in [-0.4, -0.2) is 7.11 Å². The molecule has 0 bridgehead atoms. The predicted octanol–water partition coefficient (Wildman–Crippen LogP) is 2.74. The molecule has 1 nitrogen and oxygen atoms in total. The Morgan fingerprint density at radius 3 is 2.45 bits per heavy atom. The molecule has 0 fully saturated rings. The molecule has 1 aromatic carbocycles. The van der Waals surface area contributed by atoms with Crippen molar-refractivity contribution < 1.29 is 13.5 Å². The summed E-state index contributed by atoms with van der Waals surface area (Å²) in [7, 11) is 1.32. The lowest BCUT2D eigenvalue weighted by molar-refractivity contribution is 0.381. The molecule has 60 valence electrons. The largest absolute Gasteiger partial charge is 0.492 e. The van der Waals surface area contributed by atoms with Gasteiger partial charge < -0.3 is 4.74 Å². The molecule has 1 aromatic rings. The second-order valence-corrected chi connectivity index (χ2v) is 2.76. The molecular weight excluding hydrogens is 218 g/mol. The van der Waals surface area contributed by atoms with Gasteiger partial charge in [-0.15, -0.1) is 0 Å². The van der Waals surface area contributed by atoms with E-state index in [0.717, 1.165) is 12.1 Å². The number of hydrogen-bond donors (Lipinski definition) is 0. The number of benzene rings is 1. The van der Waals surface area contributed by atoms with Gasteiger partial charge in [-0.3, -0.25) is 0 Å². The van der Waals surface area contributed by atoms with E-state index in [-0.39, 0.29) is 10.2 Å². The van der Waals surface area contributed by atoms with E-state index in [0.29, 0.717) is 0 Å². The van der Waals surface area contributed by atoms with Crippen molar-refractivity contribution in [1.82, 2.24) is 0 Å². The SMILES string of the molecule is COc1c(F)cc(F)cc1Br. The summed E-state index contributed by atoms with van der Waals surface area (Å²) in [5.74, 6) is -1.32. The Hall–Kier alpha value is -0.640. The first-order valence-electron chi connectivity index (χ1n) is 2.83.